The van der Waals surface area contributed by atoms with Crippen LogP contribution in [0.3, 0.4) is 0 Å². The lowest BCUT2D eigenvalue weighted by molar-refractivity contribution is 0.278. The second-order valence-corrected chi connectivity index (χ2v) is 4.10. The molecule has 15 heavy (non-hydrogen) atoms. The van der Waals surface area contributed by atoms with E-state index >= 15 is 0 Å². The van der Waals surface area contributed by atoms with Crippen LogP contribution in [0, 0.1) is 6.92 Å². The van der Waals surface area contributed by atoms with E-state index in [4.69, 9.17) is 9.52 Å². The third-order valence-corrected chi connectivity index (χ3v) is 3.24. The van der Waals surface area contributed by atoms with Crippen LogP contribution in [-0.2, 0) is 6.61 Å². The average Bonchev–Trinajstić information content (AvgIpc) is 2.65. The van der Waals surface area contributed by atoms with Gasteiger partial charge in [-0.25, -0.2) is 4.98 Å². The van der Waals surface area contributed by atoms with E-state index in [9.17, 15) is 0 Å². The van der Waals surface area contributed by atoms with Gasteiger partial charge in [-0.2, -0.15) is 0 Å². The van der Waals surface area contributed by atoms with Gasteiger partial charge in [0.2, 0.25) is 0 Å². The summed E-state index contributed by atoms with van der Waals surface area (Å²) in [4.78, 5) is 5.26. The maximum Gasteiger partial charge on any atom is 0.114 e. The summed E-state index contributed by atoms with van der Waals surface area (Å²) in [6.45, 7) is 1.91. The van der Waals surface area contributed by atoms with Crippen LogP contribution >= 0.6 is 11.8 Å². The Morgan fingerprint density at radius 2 is 2.33 bits per heavy atom. The first-order valence-corrected chi connectivity index (χ1v) is 5.39. The maximum absolute atomic E-state index is 9.14. The Balaban J connectivity index is 2.28. The number of aromatic nitrogens is 1. The van der Waals surface area contributed by atoms with E-state index in [1.165, 1.54) is 11.8 Å². The van der Waals surface area contributed by atoms with Crippen molar-refractivity contribution in [1.29, 1.82) is 0 Å². The molecule has 0 aliphatic heterocycles. The molecule has 2 aromatic heterocycles. The summed E-state index contributed by atoms with van der Waals surface area (Å²) in [5.74, 6) is 0.870. The predicted molar refractivity (Wildman–Crippen MR) is 57.7 cm³/mol. The Bertz CT molecular complexity index is 453. The Kier molecular flexibility index (Phi) is 3.08. The van der Waals surface area contributed by atoms with Gasteiger partial charge in [-0.15, -0.1) is 0 Å². The average molecular weight is 221 g/mol. The van der Waals surface area contributed by atoms with Gasteiger partial charge in [0.25, 0.3) is 0 Å². The van der Waals surface area contributed by atoms with Gasteiger partial charge in [-0.05, 0) is 19.1 Å². The Labute approximate surface area is 92.1 Å². The first-order valence-electron chi connectivity index (χ1n) is 4.58. The van der Waals surface area contributed by atoms with Crippen molar-refractivity contribution in [3.8, 4) is 0 Å². The van der Waals surface area contributed by atoms with Crippen LogP contribution in [0.5, 0.6) is 0 Å². The quantitative estimate of drug-likeness (QED) is 0.865. The minimum atomic E-state index is 0.00702. The van der Waals surface area contributed by atoms with Gasteiger partial charge in [0.1, 0.15) is 10.8 Å². The maximum atomic E-state index is 9.14. The molecule has 2 heterocycles. The van der Waals surface area contributed by atoms with Crippen molar-refractivity contribution in [1.82, 2.24) is 4.98 Å². The monoisotopic (exact) mass is 221 g/mol. The Hall–Kier alpha value is -1.26. The normalized spacial score (nSPS) is 10.5. The van der Waals surface area contributed by atoms with Crippen LogP contribution in [-0.4, -0.2) is 10.1 Å². The van der Waals surface area contributed by atoms with Crippen LogP contribution < -0.4 is 0 Å². The van der Waals surface area contributed by atoms with Crippen LogP contribution in [0.25, 0.3) is 0 Å². The van der Waals surface area contributed by atoms with Crippen molar-refractivity contribution in [3.05, 3.63) is 42.0 Å². The lowest BCUT2D eigenvalue weighted by Gasteiger charge is -2.03. The summed E-state index contributed by atoms with van der Waals surface area (Å²) in [7, 11) is 0. The molecule has 2 rings (SSSR count). The second kappa shape index (κ2) is 4.51. The van der Waals surface area contributed by atoms with E-state index in [1.807, 2.05) is 25.1 Å². The fraction of sp³-hybridized carbons (Fsp3) is 0.182. The van der Waals surface area contributed by atoms with Crippen LogP contribution in [0.4, 0.5) is 0 Å². The molecule has 3 nitrogen and oxygen atoms in total. The second-order valence-electron chi connectivity index (χ2n) is 3.07. The lowest BCUT2D eigenvalue weighted by atomic mass is 10.3. The predicted octanol–water partition coefficient (Wildman–Crippen LogP) is 2.63. The first-order chi connectivity index (χ1) is 7.31. The minimum absolute atomic E-state index is 0.00702. The summed E-state index contributed by atoms with van der Waals surface area (Å²) in [5.41, 5.74) is 0.836. The smallest absolute Gasteiger partial charge is 0.114 e. The molecule has 1 N–H and O–H groups in total. The van der Waals surface area contributed by atoms with Crippen molar-refractivity contribution in [2.45, 2.75) is 23.5 Å². The van der Waals surface area contributed by atoms with Crippen molar-refractivity contribution in [3.63, 3.8) is 0 Å². The minimum Gasteiger partial charge on any atom is -0.468 e. The highest BCUT2D eigenvalue weighted by atomic mass is 32.2. The van der Waals surface area contributed by atoms with E-state index in [1.54, 1.807) is 12.5 Å². The molecule has 0 unspecified atom stereocenters. The van der Waals surface area contributed by atoms with E-state index in [2.05, 4.69) is 4.98 Å². The fourth-order valence-corrected chi connectivity index (χ4v) is 2.12. The van der Waals surface area contributed by atoms with Crippen molar-refractivity contribution >= 4 is 11.8 Å². The number of aliphatic hydroxyl groups excluding tert-OH is 1. The zero-order valence-electron chi connectivity index (χ0n) is 8.30. The molecule has 0 aromatic carbocycles. The molecule has 0 aliphatic rings. The summed E-state index contributed by atoms with van der Waals surface area (Å²) in [5, 5.41) is 9.96. The van der Waals surface area contributed by atoms with E-state index < -0.39 is 0 Å². The number of hydrogen-bond donors (Lipinski definition) is 1. The third kappa shape index (κ3) is 2.22. The number of furan rings is 1. The van der Waals surface area contributed by atoms with E-state index in [-0.39, 0.29) is 6.61 Å². The van der Waals surface area contributed by atoms with Gasteiger partial charge < -0.3 is 9.52 Å². The van der Waals surface area contributed by atoms with Crippen LogP contribution in [0.2, 0.25) is 0 Å². The number of pyridine rings is 1. The lowest BCUT2D eigenvalue weighted by Crippen LogP contribution is -1.89. The van der Waals surface area contributed by atoms with Gasteiger partial charge >= 0.3 is 0 Å². The summed E-state index contributed by atoms with van der Waals surface area (Å²) in [6, 6.07) is 5.58. The highest BCUT2D eigenvalue weighted by Gasteiger charge is 2.08. The summed E-state index contributed by atoms with van der Waals surface area (Å²) < 4.78 is 5.20. The highest BCUT2D eigenvalue weighted by Crippen LogP contribution is 2.31. The molecule has 0 saturated carbocycles. The number of aliphatic hydroxyl groups is 1. The van der Waals surface area contributed by atoms with Crippen molar-refractivity contribution in [2.24, 2.45) is 0 Å². The summed E-state index contributed by atoms with van der Waals surface area (Å²) in [6.07, 6.45) is 3.37. The fourth-order valence-electron chi connectivity index (χ4n) is 1.22. The molecule has 0 spiro atoms. The van der Waals surface area contributed by atoms with Crippen molar-refractivity contribution < 1.29 is 9.52 Å². The van der Waals surface area contributed by atoms with Gasteiger partial charge in [-0.1, -0.05) is 17.8 Å². The standard InChI is InChI=1S/C11H11NO2S/c1-8-10(4-6-14-8)15-11-9(7-13)3-2-5-12-11/h2-6,13H,7H2,1H3. The molecular weight excluding hydrogens is 210 g/mol. The van der Waals surface area contributed by atoms with Crippen LogP contribution in [0.15, 0.2) is 45.0 Å². The molecule has 2 aromatic rings. The molecule has 0 fully saturated rings. The molecule has 0 radical (unpaired) electrons. The largest absolute Gasteiger partial charge is 0.468 e. The molecule has 0 bridgehead atoms. The molecule has 4 heteroatoms. The number of hydrogen-bond acceptors (Lipinski definition) is 4. The van der Waals surface area contributed by atoms with Gasteiger partial charge in [0, 0.05) is 11.8 Å². The molecule has 0 aliphatic carbocycles. The topological polar surface area (TPSA) is 46.3 Å². The first kappa shape index (κ1) is 10.3. The number of aryl methyl sites for hydroxylation is 1. The SMILES string of the molecule is Cc1occc1Sc1ncccc1CO. The van der Waals surface area contributed by atoms with Crippen molar-refractivity contribution in [2.75, 3.05) is 0 Å². The Morgan fingerprint density at radius 1 is 1.47 bits per heavy atom. The molecule has 78 valence electrons. The zero-order chi connectivity index (χ0) is 10.7. The van der Waals surface area contributed by atoms with Crippen LogP contribution in [0.1, 0.15) is 11.3 Å². The number of rotatable bonds is 3. The zero-order valence-corrected chi connectivity index (χ0v) is 9.12. The molecule has 0 atom stereocenters. The van der Waals surface area contributed by atoms with Gasteiger partial charge in [0.05, 0.1) is 17.8 Å². The Morgan fingerprint density at radius 3 is 3.00 bits per heavy atom. The third-order valence-electron chi connectivity index (χ3n) is 2.04. The van der Waals surface area contributed by atoms with E-state index in [0.29, 0.717) is 0 Å². The number of nitrogens with zero attached hydrogens (tertiary/aromatic N) is 1. The molecule has 0 saturated heterocycles. The molecule has 0 amide bonds. The van der Waals surface area contributed by atoms with E-state index in [0.717, 1.165) is 21.2 Å². The van der Waals surface area contributed by atoms with Gasteiger partial charge in [-0.3, -0.25) is 0 Å². The summed E-state index contributed by atoms with van der Waals surface area (Å²) >= 11 is 1.51. The highest BCUT2D eigenvalue weighted by molar-refractivity contribution is 7.99. The molecular formula is C11H11NO2S. The van der Waals surface area contributed by atoms with Gasteiger partial charge in [0.15, 0.2) is 0 Å².